The van der Waals surface area contributed by atoms with Crippen molar-refractivity contribution in [2.24, 2.45) is 11.8 Å². The highest BCUT2D eigenvalue weighted by molar-refractivity contribution is 5.22. The lowest BCUT2D eigenvalue weighted by atomic mass is 10.0. The molecule has 1 aromatic carbocycles. The predicted molar refractivity (Wildman–Crippen MR) is 55.5 cm³/mol. The van der Waals surface area contributed by atoms with Crippen LogP contribution in [-0.4, -0.2) is 7.05 Å². The zero-order valence-electron chi connectivity index (χ0n) is 8.63. The van der Waals surface area contributed by atoms with Gasteiger partial charge in [-0.1, -0.05) is 19.1 Å². The number of hydrogen-bond acceptors (Lipinski definition) is 1. The first-order valence-electron chi connectivity index (χ1n) is 5.15. The minimum Gasteiger partial charge on any atom is -0.313 e. The molecule has 1 nitrogen and oxygen atoms in total. The minimum absolute atomic E-state index is 0.143. The van der Waals surface area contributed by atoms with Crippen molar-refractivity contribution >= 4 is 0 Å². The summed E-state index contributed by atoms with van der Waals surface area (Å²) in [5.41, 5.74) is 1.07. The van der Waals surface area contributed by atoms with Gasteiger partial charge >= 0.3 is 0 Å². The molecule has 1 fully saturated rings. The Morgan fingerprint density at radius 1 is 1.50 bits per heavy atom. The van der Waals surface area contributed by atoms with Crippen LogP contribution in [-0.2, 0) is 0 Å². The smallest absolute Gasteiger partial charge is 0.123 e. The van der Waals surface area contributed by atoms with E-state index in [1.54, 1.807) is 12.1 Å². The third kappa shape index (κ3) is 1.80. The average Bonchev–Trinajstić information content (AvgIpc) is 2.84. The largest absolute Gasteiger partial charge is 0.313 e. The molecule has 0 saturated heterocycles. The van der Waals surface area contributed by atoms with E-state index in [0.29, 0.717) is 12.0 Å². The van der Waals surface area contributed by atoms with E-state index in [1.165, 1.54) is 12.5 Å². The van der Waals surface area contributed by atoms with E-state index in [2.05, 4.69) is 12.2 Å². The summed E-state index contributed by atoms with van der Waals surface area (Å²) in [5, 5.41) is 3.27. The molecule has 1 aliphatic rings. The van der Waals surface area contributed by atoms with Crippen molar-refractivity contribution in [3.8, 4) is 0 Å². The van der Waals surface area contributed by atoms with Crippen LogP contribution in [0.3, 0.4) is 0 Å². The van der Waals surface area contributed by atoms with Gasteiger partial charge in [0.05, 0.1) is 0 Å². The quantitative estimate of drug-likeness (QED) is 0.778. The second kappa shape index (κ2) is 3.70. The fourth-order valence-electron chi connectivity index (χ4n) is 2.14. The Morgan fingerprint density at radius 2 is 2.21 bits per heavy atom. The number of hydrogen-bond donors (Lipinski definition) is 1. The first kappa shape index (κ1) is 9.66. The van der Waals surface area contributed by atoms with Crippen LogP contribution in [0.15, 0.2) is 24.3 Å². The Bertz CT molecular complexity index is 324. The van der Waals surface area contributed by atoms with Gasteiger partial charge in [-0.05, 0) is 43.0 Å². The van der Waals surface area contributed by atoms with Crippen LogP contribution in [0.5, 0.6) is 0 Å². The Kier molecular flexibility index (Phi) is 2.55. The first-order chi connectivity index (χ1) is 6.72. The minimum atomic E-state index is -0.143. The lowest BCUT2D eigenvalue weighted by Crippen LogP contribution is -2.19. The van der Waals surface area contributed by atoms with Crippen LogP contribution in [0.25, 0.3) is 0 Å². The maximum Gasteiger partial charge on any atom is 0.123 e. The monoisotopic (exact) mass is 193 g/mol. The highest BCUT2D eigenvalue weighted by atomic mass is 19.1. The van der Waals surface area contributed by atoms with Gasteiger partial charge < -0.3 is 5.32 Å². The molecule has 0 amide bonds. The third-order valence-corrected chi connectivity index (χ3v) is 3.12. The van der Waals surface area contributed by atoms with Gasteiger partial charge in [-0.3, -0.25) is 0 Å². The van der Waals surface area contributed by atoms with E-state index in [1.807, 2.05) is 13.1 Å². The molecule has 1 N–H and O–H groups in total. The van der Waals surface area contributed by atoms with E-state index < -0.39 is 0 Å². The molecule has 76 valence electrons. The molecule has 0 spiro atoms. The predicted octanol–water partition coefficient (Wildman–Crippen LogP) is 2.74. The standard InChI is InChI=1S/C12H16FN/c1-8-6-11(8)12(14-2)9-4-3-5-10(13)7-9/h3-5,7-8,11-12,14H,6H2,1-2H3. The summed E-state index contributed by atoms with van der Waals surface area (Å²) < 4.78 is 13.0. The van der Waals surface area contributed by atoms with E-state index in [4.69, 9.17) is 0 Å². The SMILES string of the molecule is CNC(c1cccc(F)c1)C1CC1C. The summed E-state index contributed by atoms with van der Waals surface area (Å²) in [7, 11) is 1.95. The van der Waals surface area contributed by atoms with Crippen LogP contribution < -0.4 is 5.32 Å². The summed E-state index contributed by atoms with van der Waals surface area (Å²) >= 11 is 0. The Labute approximate surface area is 84.3 Å². The van der Waals surface area contributed by atoms with Crippen LogP contribution in [0.4, 0.5) is 4.39 Å². The molecule has 2 rings (SSSR count). The fraction of sp³-hybridized carbons (Fsp3) is 0.500. The van der Waals surface area contributed by atoms with E-state index >= 15 is 0 Å². The number of halogens is 1. The molecular formula is C12H16FN. The number of benzene rings is 1. The van der Waals surface area contributed by atoms with E-state index in [-0.39, 0.29) is 5.82 Å². The van der Waals surface area contributed by atoms with Gasteiger partial charge in [0.25, 0.3) is 0 Å². The molecule has 3 unspecified atom stereocenters. The van der Waals surface area contributed by atoms with Crippen molar-refractivity contribution in [1.29, 1.82) is 0 Å². The normalized spacial score (nSPS) is 27.4. The number of rotatable bonds is 3. The zero-order valence-corrected chi connectivity index (χ0v) is 8.63. The maximum absolute atomic E-state index is 13.0. The van der Waals surface area contributed by atoms with E-state index in [9.17, 15) is 4.39 Å². The highest BCUT2D eigenvalue weighted by Crippen LogP contribution is 2.46. The highest BCUT2D eigenvalue weighted by Gasteiger charge is 2.39. The van der Waals surface area contributed by atoms with Gasteiger partial charge in [0, 0.05) is 6.04 Å². The number of nitrogens with one attached hydrogen (secondary N) is 1. The summed E-state index contributed by atoms with van der Waals surface area (Å²) in [4.78, 5) is 0. The average molecular weight is 193 g/mol. The van der Waals surface area contributed by atoms with Crippen LogP contribution in [0.2, 0.25) is 0 Å². The van der Waals surface area contributed by atoms with Gasteiger partial charge in [-0.2, -0.15) is 0 Å². The van der Waals surface area contributed by atoms with Crippen molar-refractivity contribution in [3.05, 3.63) is 35.6 Å². The third-order valence-electron chi connectivity index (χ3n) is 3.12. The molecule has 0 aromatic heterocycles. The summed E-state index contributed by atoms with van der Waals surface area (Å²) in [6.07, 6.45) is 1.25. The van der Waals surface area contributed by atoms with Crippen LogP contribution in [0.1, 0.15) is 24.9 Å². The van der Waals surface area contributed by atoms with Gasteiger partial charge in [0.2, 0.25) is 0 Å². The Balaban J connectivity index is 2.19. The van der Waals surface area contributed by atoms with Crippen LogP contribution in [0, 0.1) is 17.7 Å². The molecule has 1 saturated carbocycles. The lowest BCUT2D eigenvalue weighted by molar-refractivity contribution is 0.500. The summed E-state index contributed by atoms with van der Waals surface area (Å²) in [6.45, 7) is 2.24. The molecule has 0 radical (unpaired) electrons. The summed E-state index contributed by atoms with van der Waals surface area (Å²) in [5.74, 6) is 1.31. The van der Waals surface area contributed by atoms with Gasteiger partial charge in [-0.25, -0.2) is 4.39 Å². The lowest BCUT2D eigenvalue weighted by Gasteiger charge is -2.16. The molecule has 14 heavy (non-hydrogen) atoms. The fourth-order valence-corrected chi connectivity index (χ4v) is 2.14. The first-order valence-corrected chi connectivity index (χ1v) is 5.15. The molecule has 1 aromatic rings. The molecule has 0 aliphatic heterocycles. The molecular weight excluding hydrogens is 177 g/mol. The molecule has 3 atom stereocenters. The molecule has 0 bridgehead atoms. The van der Waals surface area contributed by atoms with Crippen molar-refractivity contribution in [2.75, 3.05) is 7.05 Å². The van der Waals surface area contributed by atoms with Gasteiger partial charge in [0.15, 0.2) is 0 Å². The van der Waals surface area contributed by atoms with Crippen molar-refractivity contribution in [1.82, 2.24) is 5.32 Å². The Morgan fingerprint density at radius 3 is 2.71 bits per heavy atom. The topological polar surface area (TPSA) is 12.0 Å². The molecule has 1 aliphatic carbocycles. The molecule has 2 heteroatoms. The van der Waals surface area contributed by atoms with E-state index in [0.717, 1.165) is 11.5 Å². The van der Waals surface area contributed by atoms with Crippen molar-refractivity contribution < 1.29 is 4.39 Å². The Hall–Kier alpha value is -0.890. The van der Waals surface area contributed by atoms with Crippen molar-refractivity contribution in [2.45, 2.75) is 19.4 Å². The second-order valence-electron chi connectivity index (χ2n) is 4.20. The summed E-state index contributed by atoms with van der Waals surface area (Å²) in [6, 6.07) is 7.22. The van der Waals surface area contributed by atoms with Gasteiger partial charge in [-0.15, -0.1) is 0 Å². The second-order valence-corrected chi connectivity index (χ2v) is 4.20. The maximum atomic E-state index is 13.0. The van der Waals surface area contributed by atoms with Gasteiger partial charge in [0.1, 0.15) is 5.82 Å². The zero-order chi connectivity index (χ0) is 10.1. The van der Waals surface area contributed by atoms with Crippen LogP contribution >= 0.6 is 0 Å². The molecule has 0 heterocycles. The van der Waals surface area contributed by atoms with Crippen molar-refractivity contribution in [3.63, 3.8) is 0 Å².